The van der Waals surface area contributed by atoms with Crippen LogP contribution in [0.5, 0.6) is 0 Å². The molecule has 2 bridgehead atoms. The van der Waals surface area contributed by atoms with Crippen LogP contribution in [0.2, 0.25) is 0 Å². The lowest BCUT2D eigenvalue weighted by molar-refractivity contribution is -0.265. The number of carbonyl (C=O) groups excluding carboxylic acids is 5. The number of amides is 1. The van der Waals surface area contributed by atoms with E-state index in [1.807, 2.05) is 58.1 Å². The fourth-order valence-corrected chi connectivity index (χ4v) is 10.1. The van der Waals surface area contributed by atoms with E-state index < -0.39 is 83.9 Å². The smallest absolute Gasteiger partial charge is 0.329 e. The molecule has 1 saturated carbocycles. The topological polar surface area (TPSA) is 195 Å². The lowest BCUT2D eigenvalue weighted by Crippen LogP contribution is -2.61. The summed E-state index contributed by atoms with van der Waals surface area (Å²) in [4.78, 5) is 71.8. The van der Waals surface area contributed by atoms with Crippen molar-refractivity contribution >= 4 is 29.2 Å². The van der Waals surface area contributed by atoms with E-state index in [0.29, 0.717) is 63.4 Å². The van der Waals surface area contributed by atoms with Gasteiger partial charge in [0, 0.05) is 58.5 Å². The van der Waals surface area contributed by atoms with Gasteiger partial charge in [-0.1, -0.05) is 71.1 Å². The molecule has 4 aliphatic rings. The molecule has 3 heterocycles. The molecule has 1 aliphatic carbocycles. The number of cyclic esters (lactones) is 1. The van der Waals surface area contributed by atoms with Crippen LogP contribution in [0, 0.1) is 35.5 Å². The minimum Gasteiger partial charge on any atom is -0.460 e. The van der Waals surface area contributed by atoms with Crippen molar-refractivity contribution in [1.82, 2.24) is 4.90 Å². The number of Topliss-reactive ketones (excluding diaryl/α,β-unsaturated/α-hetero) is 3. The number of nitrogens with zero attached hydrogens (tertiary/aromatic N) is 1. The van der Waals surface area contributed by atoms with Crippen molar-refractivity contribution in [2.45, 2.75) is 180 Å². The Labute approximate surface area is 387 Å². The Balaban J connectivity index is 1.70. The number of methoxy groups -OCH3 is 3. The molecule has 0 unspecified atom stereocenters. The van der Waals surface area contributed by atoms with Crippen molar-refractivity contribution in [3.8, 4) is 0 Å². The SMILES string of the molecule is CO[C@H]1C[C@@H]2CC[C@@H](C)[C@@](O)(O2)C(=O)C(=O)N2CCCC[C@H]2C(=O)O[C@H]([C@H](C)C[C@@H]2CC[C@H](O)[C@H](OC)C2)CC(=O)[C@H](C)/C=C(\C)[C@@H](O)[C@@H](OC)C(=O)[C@H](C)C[C@H](C)\C=C/C=C/C=C/1C. The number of ketones is 3. The molecule has 1 amide bonds. The summed E-state index contributed by atoms with van der Waals surface area (Å²) in [6.07, 6.45) is 11.2. The number of rotatable bonds is 6. The first-order valence-electron chi connectivity index (χ1n) is 23.9. The van der Waals surface area contributed by atoms with Gasteiger partial charge in [0.2, 0.25) is 5.79 Å². The average Bonchev–Trinajstić information content (AvgIpc) is 3.28. The summed E-state index contributed by atoms with van der Waals surface area (Å²) in [5.41, 5.74) is 1.27. The monoisotopic (exact) mass is 914 g/mol. The Bertz CT molecular complexity index is 1760. The van der Waals surface area contributed by atoms with Crippen molar-refractivity contribution in [2.75, 3.05) is 27.9 Å². The van der Waals surface area contributed by atoms with Crippen LogP contribution < -0.4 is 0 Å². The lowest BCUT2D eigenvalue weighted by atomic mass is 9.78. The predicted molar refractivity (Wildman–Crippen MR) is 245 cm³/mol. The van der Waals surface area contributed by atoms with Gasteiger partial charge in [0.15, 0.2) is 5.78 Å². The van der Waals surface area contributed by atoms with Crippen LogP contribution in [0.25, 0.3) is 0 Å². The molecular weight excluding hydrogens is 835 g/mol. The maximum absolute atomic E-state index is 14.4. The number of hydrogen-bond acceptors (Lipinski definition) is 13. The largest absolute Gasteiger partial charge is 0.460 e. The Morgan fingerprint density at radius 3 is 2.25 bits per heavy atom. The number of aliphatic hydroxyl groups excluding tert-OH is 2. The summed E-state index contributed by atoms with van der Waals surface area (Å²) < 4.78 is 29.4. The van der Waals surface area contributed by atoms with E-state index in [1.165, 1.54) is 12.0 Å². The quantitative estimate of drug-likeness (QED) is 0.156. The summed E-state index contributed by atoms with van der Waals surface area (Å²) in [6, 6.07) is -1.14. The van der Waals surface area contributed by atoms with Gasteiger partial charge in [0.1, 0.15) is 30.1 Å². The van der Waals surface area contributed by atoms with Crippen LogP contribution >= 0.6 is 0 Å². The van der Waals surface area contributed by atoms with Crippen molar-refractivity contribution < 1.29 is 63.0 Å². The predicted octanol–water partition coefficient (Wildman–Crippen LogP) is 6.18. The van der Waals surface area contributed by atoms with Crippen LogP contribution in [-0.4, -0.2) is 132 Å². The molecule has 0 aromatic rings. The second kappa shape index (κ2) is 25.1. The van der Waals surface area contributed by atoms with Crippen LogP contribution in [0.15, 0.2) is 47.6 Å². The summed E-state index contributed by atoms with van der Waals surface area (Å²) in [6.45, 7) is 12.7. The van der Waals surface area contributed by atoms with Gasteiger partial charge >= 0.3 is 5.97 Å². The highest BCUT2D eigenvalue weighted by atomic mass is 16.6. The molecule has 4 rings (SSSR count). The van der Waals surface area contributed by atoms with E-state index in [-0.39, 0.29) is 54.8 Å². The fourth-order valence-electron chi connectivity index (χ4n) is 10.1. The Hall–Kier alpha value is -3.37. The zero-order chi connectivity index (χ0) is 48.2. The average molecular weight is 914 g/mol. The number of carbonyl (C=O) groups is 5. The highest BCUT2D eigenvalue weighted by Gasteiger charge is 2.53. The first kappa shape index (κ1) is 54.2. The molecule has 0 aromatic carbocycles. The van der Waals surface area contributed by atoms with Crippen LogP contribution in [0.1, 0.15) is 126 Å². The molecule has 0 radical (unpaired) electrons. The maximum Gasteiger partial charge on any atom is 0.329 e. The molecule has 3 N–H and O–H groups in total. The zero-order valence-electron chi connectivity index (χ0n) is 40.6. The van der Waals surface area contributed by atoms with Crippen molar-refractivity contribution in [3.63, 3.8) is 0 Å². The van der Waals surface area contributed by atoms with Gasteiger partial charge in [-0.3, -0.25) is 19.2 Å². The number of aliphatic hydroxyl groups is 3. The molecule has 3 fully saturated rings. The van der Waals surface area contributed by atoms with Gasteiger partial charge in [0.05, 0.1) is 24.4 Å². The number of fused-ring (bicyclic) bond motifs is 3. The summed E-state index contributed by atoms with van der Waals surface area (Å²) in [5, 5.41) is 33.8. The molecule has 2 saturated heterocycles. The van der Waals surface area contributed by atoms with Gasteiger partial charge in [0.25, 0.3) is 11.7 Å². The molecule has 14 nitrogen and oxygen atoms in total. The minimum atomic E-state index is -2.43. The molecule has 14 heteroatoms. The number of piperidine rings is 1. The third-order valence-corrected chi connectivity index (χ3v) is 14.5. The first-order chi connectivity index (χ1) is 30.7. The molecule has 0 spiro atoms. The first-order valence-corrected chi connectivity index (χ1v) is 23.9. The van der Waals surface area contributed by atoms with Crippen LogP contribution in [0.3, 0.4) is 0 Å². The van der Waals surface area contributed by atoms with E-state index in [1.54, 1.807) is 41.1 Å². The Morgan fingerprint density at radius 2 is 1.57 bits per heavy atom. The Morgan fingerprint density at radius 1 is 0.846 bits per heavy atom. The zero-order valence-corrected chi connectivity index (χ0v) is 40.6. The summed E-state index contributed by atoms with van der Waals surface area (Å²) in [7, 11) is 4.52. The molecule has 366 valence electrons. The van der Waals surface area contributed by atoms with Crippen LogP contribution in [0.4, 0.5) is 0 Å². The van der Waals surface area contributed by atoms with Crippen molar-refractivity contribution in [3.05, 3.63) is 47.6 Å². The van der Waals surface area contributed by atoms with Gasteiger partial charge < -0.3 is 43.9 Å². The van der Waals surface area contributed by atoms with Gasteiger partial charge in [-0.05, 0) is 107 Å². The minimum absolute atomic E-state index is 0.0193. The molecular formula is C51H79NO13. The van der Waals surface area contributed by atoms with Crippen LogP contribution in [-0.2, 0) is 47.7 Å². The number of allylic oxidation sites excluding steroid dienone is 6. The van der Waals surface area contributed by atoms with E-state index in [2.05, 4.69) is 0 Å². The van der Waals surface area contributed by atoms with E-state index in [0.717, 1.165) is 12.0 Å². The van der Waals surface area contributed by atoms with E-state index in [9.17, 15) is 39.3 Å². The van der Waals surface area contributed by atoms with Gasteiger partial charge in [-0.25, -0.2) is 4.79 Å². The standard InChI is InChI=1S/C51H79NO13/c1-30-16-12-11-13-17-31(2)42(61-8)28-38-21-19-36(7)51(60,65-38)48(57)49(58)52-23-15-14-18-39(52)50(59)64-43(33(4)26-37-20-22-40(53)44(27-37)62-9)29-41(54)32(3)25-35(6)46(56)47(63-10)45(55)34(5)24-30/h11-13,16-17,25,30,32-34,36-40,42-44,46-47,53,56,60H,14-15,18-24,26-29H2,1-10H3/b13-11+,16-12-,31-17+,35-25+/t30-,32-,33-,34-,36-,37+,38+,39+,40+,42+,43+,44-,46-,47+,51-/m1/s1. The lowest BCUT2D eigenvalue weighted by Gasteiger charge is -2.42. The van der Waals surface area contributed by atoms with E-state index >= 15 is 0 Å². The number of ether oxygens (including phenoxy) is 5. The second-order valence-corrected chi connectivity index (χ2v) is 19.6. The van der Waals surface area contributed by atoms with Gasteiger partial charge in [-0.2, -0.15) is 0 Å². The highest BCUT2D eigenvalue weighted by molar-refractivity contribution is 6.39. The van der Waals surface area contributed by atoms with Crippen molar-refractivity contribution in [2.24, 2.45) is 35.5 Å². The normalized spacial score (nSPS) is 40.4. The van der Waals surface area contributed by atoms with Gasteiger partial charge in [-0.15, -0.1) is 0 Å². The molecule has 65 heavy (non-hydrogen) atoms. The second-order valence-electron chi connectivity index (χ2n) is 19.6. The highest BCUT2D eigenvalue weighted by Crippen LogP contribution is 2.38. The molecule has 0 aromatic heterocycles. The van der Waals surface area contributed by atoms with Crippen molar-refractivity contribution in [1.29, 1.82) is 0 Å². The summed E-state index contributed by atoms with van der Waals surface area (Å²) >= 11 is 0. The number of esters is 1. The fraction of sp³-hybridized carbons (Fsp3) is 0.745. The molecule has 15 atom stereocenters. The Kier molecular flexibility index (Phi) is 21.0. The number of hydrogen-bond donors (Lipinski definition) is 3. The summed E-state index contributed by atoms with van der Waals surface area (Å²) in [5.74, 6) is -7.96. The third kappa shape index (κ3) is 14.3. The third-order valence-electron chi connectivity index (χ3n) is 14.5. The maximum atomic E-state index is 14.4. The molecule has 3 aliphatic heterocycles. The van der Waals surface area contributed by atoms with E-state index in [4.69, 9.17) is 23.7 Å².